The van der Waals surface area contributed by atoms with E-state index in [1.54, 1.807) is 0 Å². The fourth-order valence-electron chi connectivity index (χ4n) is 3.27. The molecule has 3 rings (SSSR count). The maximum Gasteiger partial charge on any atom is 0.119 e. The summed E-state index contributed by atoms with van der Waals surface area (Å²) in [6.07, 6.45) is 3.26. The first-order chi connectivity index (χ1) is 10.3. The first kappa shape index (κ1) is 14.3. The number of aliphatic hydroxyl groups excluding tert-OH is 1. The second-order valence-corrected chi connectivity index (χ2v) is 5.71. The number of aryl methyl sites for hydroxylation is 1. The number of hydroxylamine groups is 2. The molecule has 3 nitrogen and oxygen atoms in total. The summed E-state index contributed by atoms with van der Waals surface area (Å²) in [5, 5.41) is 19.5. The Bertz CT molecular complexity index is 597. The molecule has 0 heterocycles. The van der Waals surface area contributed by atoms with E-state index in [2.05, 4.69) is 36.4 Å². The number of fused-ring (bicyclic) bond motifs is 1. The fraction of sp³-hybridized carbons (Fsp3) is 0.333. The van der Waals surface area contributed by atoms with Gasteiger partial charge in [0.15, 0.2) is 0 Å². The van der Waals surface area contributed by atoms with Crippen LogP contribution < -0.4 is 0 Å². The number of aliphatic hydroxyl groups is 1. The zero-order valence-corrected chi connectivity index (χ0v) is 12.1. The molecular weight excluding hydrogens is 262 g/mol. The van der Waals surface area contributed by atoms with Gasteiger partial charge in [-0.2, -0.15) is 5.06 Å². The Labute approximate surface area is 125 Å². The SMILES string of the molecule is OCN(O)Cc1cccc2c1CC(c1ccccc1)CC2. The summed E-state index contributed by atoms with van der Waals surface area (Å²) in [4.78, 5) is 0. The molecule has 1 aliphatic carbocycles. The third kappa shape index (κ3) is 3.16. The van der Waals surface area contributed by atoms with Gasteiger partial charge in [-0.3, -0.25) is 0 Å². The summed E-state index contributed by atoms with van der Waals surface area (Å²) < 4.78 is 0. The summed E-state index contributed by atoms with van der Waals surface area (Å²) >= 11 is 0. The molecule has 0 aromatic heterocycles. The highest BCUT2D eigenvalue weighted by atomic mass is 16.5. The van der Waals surface area contributed by atoms with Gasteiger partial charge in [0.25, 0.3) is 0 Å². The molecule has 3 heteroatoms. The van der Waals surface area contributed by atoms with Gasteiger partial charge < -0.3 is 10.3 Å². The fourth-order valence-corrected chi connectivity index (χ4v) is 3.27. The molecule has 0 saturated carbocycles. The molecule has 0 radical (unpaired) electrons. The average Bonchev–Trinajstić information content (AvgIpc) is 2.55. The lowest BCUT2D eigenvalue weighted by molar-refractivity contribution is -0.149. The zero-order valence-electron chi connectivity index (χ0n) is 12.1. The maximum absolute atomic E-state index is 9.58. The van der Waals surface area contributed by atoms with Gasteiger partial charge in [-0.25, -0.2) is 0 Å². The van der Waals surface area contributed by atoms with E-state index in [9.17, 15) is 5.21 Å². The number of benzene rings is 2. The highest BCUT2D eigenvalue weighted by Crippen LogP contribution is 2.34. The minimum atomic E-state index is -0.341. The Hall–Kier alpha value is -1.68. The van der Waals surface area contributed by atoms with Crippen molar-refractivity contribution in [2.45, 2.75) is 31.7 Å². The molecule has 1 atom stereocenters. The Balaban J connectivity index is 1.87. The van der Waals surface area contributed by atoms with Crippen LogP contribution in [-0.2, 0) is 19.4 Å². The van der Waals surface area contributed by atoms with Crippen LogP contribution in [0.15, 0.2) is 48.5 Å². The van der Waals surface area contributed by atoms with Crippen LogP contribution in [0.2, 0.25) is 0 Å². The summed E-state index contributed by atoms with van der Waals surface area (Å²) in [7, 11) is 0. The zero-order chi connectivity index (χ0) is 14.7. The molecule has 0 aliphatic heterocycles. The van der Waals surface area contributed by atoms with E-state index in [4.69, 9.17) is 5.11 Å². The van der Waals surface area contributed by atoms with Crippen LogP contribution in [0.1, 0.15) is 34.6 Å². The van der Waals surface area contributed by atoms with Gasteiger partial charge in [-0.1, -0.05) is 48.5 Å². The summed E-state index contributed by atoms with van der Waals surface area (Å²) in [6.45, 7) is 0.0347. The Morgan fingerprint density at radius 1 is 1.05 bits per heavy atom. The monoisotopic (exact) mass is 283 g/mol. The van der Waals surface area contributed by atoms with E-state index in [1.807, 2.05) is 12.1 Å². The van der Waals surface area contributed by atoms with Crippen molar-refractivity contribution in [1.29, 1.82) is 0 Å². The molecule has 0 spiro atoms. The van der Waals surface area contributed by atoms with Crippen molar-refractivity contribution >= 4 is 0 Å². The minimum Gasteiger partial charge on any atom is -0.379 e. The highest BCUT2D eigenvalue weighted by Gasteiger charge is 2.22. The van der Waals surface area contributed by atoms with E-state index in [0.717, 1.165) is 23.5 Å². The van der Waals surface area contributed by atoms with Crippen molar-refractivity contribution in [2.24, 2.45) is 0 Å². The summed E-state index contributed by atoms with van der Waals surface area (Å²) in [5.74, 6) is 0.543. The van der Waals surface area contributed by atoms with Gasteiger partial charge in [0.1, 0.15) is 6.73 Å². The number of rotatable bonds is 4. The third-order valence-electron chi connectivity index (χ3n) is 4.37. The van der Waals surface area contributed by atoms with Crippen LogP contribution in [0.4, 0.5) is 0 Å². The number of nitrogens with zero attached hydrogens (tertiary/aromatic N) is 1. The van der Waals surface area contributed by atoms with Crippen LogP contribution in [0.3, 0.4) is 0 Å². The van der Waals surface area contributed by atoms with Crippen molar-refractivity contribution in [3.63, 3.8) is 0 Å². The average molecular weight is 283 g/mol. The van der Waals surface area contributed by atoms with Crippen molar-refractivity contribution in [2.75, 3.05) is 6.73 Å². The first-order valence-electron chi connectivity index (χ1n) is 7.47. The van der Waals surface area contributed by atoms with Crippen molar-refractivity contribution in [1.82, 2.24) is 5.06 Å². The lowest BCUT2D eigenvalue weighted by Gasteiger charge is -2.27. The van der Waals surface area contributed by atoms with Gasteiger partial charge in [0.2, 0.25) is 0 Å². The Morgan fingerprint density at radius 2 is 1.86 bits per heavy atom. The summed E-state index contributed by atoms with van der Waals surface area (Å²) in [5.41, 5.74) is 5.22. The summed E-state index contributed by atoms with van der Waals surface area (Å²) in [6, 6.07) is 16.9. The van der Waals surface area contributed by atoms with E-state index in [0.29, 0.717) is 12.5 Å². The molecular formula is C18H21NO2. The lowest BCUT2D eigenvalue weighted by Crippen LogP contribution is -2.22. The number of hydrogen-bond donors (Lipinski definition) is 2. The van der Waals surface area contributed by atoms with E-state index in [1.165, 1.54) is 23.1 Å². The van der Waals surface area contributed by atoms with Gasteiger partial charge >= 0.3 is 0 Å². The third-order valence-corrected chi connectivity index (χ3v) is 4.37. The number of hydrogen-bond acceptors (Lipinski definition) is 3. The van der Waals surface area contributed by atoms with Crippen LogP contribution in [0.5, 0.6) is 0 Å². The predicted octanol–water partition coefficient (Wildman–Crippen LogP) is 3.10. The second kappa shape index (κ2) is 6.39. The molecule has 1 aliphatic rings. The van der Waals surface area contributed by atoms with Crippen molar-refractivity contribution in [3.8, 4) is 0 Å². The van der Waals surface area contributed by atoms with E-state index in [-0.39, 0.29) is 6.73 Å². The van der Waals surface area contributed by atoms with Crippen LogP contribution in [-0.4, -0.2) is 22.1 Å². The Morgan fingerprint density at radius 3 is 2.62 bits per heavy atom. The van der Waals surface area contributed by atoms with Crippen LogP contribution in [0.25, 0.3) is 0 Å². The van der Waals surface area contributed by atoms with E-state index >= 15 is 0 Å². The quantitative estimate of drug-likeness (QED) is 0.669. The largest absolute Gasteiger partial charge is 0.379 e. The molecule has 2 aromatic rings. The van der Waals surface area contributed by atoms with Gasteiger partial charge in [-0.05, 0) is 47.4 Å². The second-order valence-electron chi connectivity index (χ2n) is 5.71. The van der Waals surface area contributed by atoms with Crippen LogP contribution in [0, 0.1) is 0 Å². The van der Waals surface area contributed by atoms with E-state index < -0.39 is 0 Å². The molecule has 2 aromatic carbocycles. The highest BCUT2D eigenvalue weighted by molar-refractivity contribution is 5.39. The molecule has 0 amide bonds. The van der Waals surface area contributed by atoms with Crippen LogP contribution >= 0.6 is 0 Å². The molecule has 110 valence electrons. The first-order valence-corrected chi connectivity index (χ1v) is 7.47. The molecule has 0 fully saturated rings. The van der Waals surface area contributed by atoms with Gasteiger partial charge in [-0.15, -0.1) is 0 Å². The lowest BCUT2D eigenvalue weighted by atomic mass is 9.78. The van der Waals surface area contributed by atoms with Crippen molar-refractivity contribution in [3.05, 3.63) is 70.8 Å². The molecule has 0 bridgehead atoms. The minimum absolute atomic E-state index is 0.341. The van der Waals surface area contributed by atoms with Crippen molar-refractivity contribution < 1.29 is 10.3 Å². The molecule has 21 heavy (non-hydrogen) atoms. The standard InChI is InChI=1S/C18H21NO2/c20-13-19(21)12-17-8-4-7-15-9-10-16(11-18(15)17)14-5-2-1-3-6-14/h1-8,16,20-21H,9-13H2. The predicted molar refractivity (Wildman–Crippen MR) is 82.1 cm³/mol. The molecule has 1 unspecified atom stereocenters. The van der Waals surface area contributed by atoms with Gasteiger partial charge in [0.05, 0.1) is 6.54 Å². The maximum atomic E-state index is 9.58. The topological polar surface area (TPSA) is 43.7 Å². The normalized spacial score (nSPS) is 17.8. The smallest absolute Gasteiger partial charge is 0.119 e. The molecule has 2 N–H and O–H groups in total. The Kier molecular flexibility index (Phi) is 4.34. The van der Waals surface area contributed by atoms with Gasteiger partial charge in [0, 0.05) is 0 Å². The molecule has 0 saturated heterocycles.